The quantitative estimate of drug-likeness (QED) is 0.832. The Morgan fingerprint density at radius 1 is 1.28 bits per heavy atom. The van der Waals surface area contributed by atoms with Crippen LogP contribution in [0.2, 0.25) is 0 Å². The second-order valence-corrected chi connectivity index (χ2v) is 4.78. The minimum absolute atomic E-state index is 0.124. The predicted molar refractivity (Wildman–Crippen MR) is 72.7 cm³/mol. The normalized spacial score (nSPS) is 10.9. The zero-order valence-electron chi connectivity index (χ0n) is 11.4. The van der Waals surface area contributed by atoms with Crippen LogP contribution in [-0.2, 0) is 11.2 Å². The number of furan rings is 1. The monoisotopic (exact) mass is 245 g/mol. The summed E-state index contributed by atoms with van der Waals surface area (Å²) in [6.45, 7) is 6.84. The van der Waals surface area contributed by atoms with Crippen molar-refractivity contribution in [1.82, 2.24) is 4.90 Å². The van der Waals surface area contributed by atoms with E-state index in [1.807, 2.05) is 20.0 Å². The van der Waals surface area contributed by atoms with Gasteiger partial charge in [0.05, 0.1) is 12.7 Å². The molecule has 0 bridgehead atoms. The van der Waals surface area contributed by atoms with E-state index in [-0.39, 0.29) is 5.91 Å². The molecule has 0 aliphatic heterocycles. The van der Waals surface area contributed by atoms with Crippen LogP contribution in [0.15, 0.2) is 22.8 Å². The number of rotatable bonds is 3. The highest BCUT2D eigenvalue weighted by molar-refractivity contribution is 5.88. The van der Waals surface area contributed by atoms with E-state index in [4.69, 9.17) is 4.42 Å². The minimum Gasteiger partial charge on any atom is -0.464 e. The van der Waals surface area contributed by atoms with Crippen LogP contribution < -0.4 is 0 Å². The second kappa shape index (κ2) is 4.84. The van der Waals surface area contributed by atoms with Crippen LogP contribution in [0.4, 0.5) is 0 Å². The van der Waals surface area contributed by atoms with Gasteiger partial charge in [-0.05, 0) is 44.0 Å². The number of fused-ring (bicyclic) bond motifs is 1. The first-order chi connectivity index (χ1) is 8.52. The van der Waals surface area contributed by atoms with Crippen molar-refractivity contribution in [3.63, 3.8) is 0 Å². The molecule has 0 saturated carbocycles. The summed E-state index contributed by atoms with van der Waals surface area (Å²) in [6.07, 6.45) is 2.10. The number of amides is 1. The fraction of sp³-hybridized carbons (Fsp3) is 0.400. The summed E-state index contributed by atoms with van der Waals surface area (Å²) in [6, 6.07) is 4.13. The summed E-state index contributed by atoms with van der Waals surface area (Å²) in [5.74, 6) is 0.124. The number of hydrogen-bond acceptors (Lipinski definition) is 2. The van der Waals surface area contributed by atoms with Gasteiger partial charge in [-0.2, -0.15) is 0 Å². The molecular formula is C15H19NO2. The minimum atomic E-state index is 0.124. The Labute approximate surface area is 107 Å². The van der Waals surface area contributed by atoms with Gasteiger partial charge in [0.25, 0.3) is 0 Å². The van der Waals surface area contributed by atoms with Crippen molar-refractivity contribution >= 4 is 16.9 Å². The topological polar surface area (TPSA) is 33.5 Å². The van der Waals surface area contributed by atoms with E-state index >= 15 is 0 Å². The number of aryl methyl sites for hydroxylation is 2. The summed E-state index contributed by atoms with van der Waals surface area (Å²) in [7, 11) is 1.82. The molecule has 2 rings (SSSR count). The number of nitrogens with zero attached hydrogens (tertiary/aromatic N) is 1. The molecule has 1 amide bonds. The van der Waals surface area contributed by atoms with Gasteiger partial charge >= 0.3 is 0 Å². The Balaban J connectivity index is 2.35. The van der Waals surface area contributed by atoms with Crippen molar-refractivity contribution in [2.45, 2.75) is 27.2 Å². The Morgan fingerprint density at radius 2 is 1.94 bits per heavy atom. The van der Waals surface area contributed by atoms with Crippen molar-refractivity contribution in [3.05, 3.63) is 35.1 Å². The highest BCUT2D eigenvalue weighted by Crippen LogP contribution is 2.25. The van der Waals surface area contributed by atoms with E-state index in [2.05, 4.69) is 19.9 Å². The standard InChI is InChI=1S/C15H19NO2/c1-5-16(4)15(17)8-12-9-18-14-7-11(3)10(2)6-13(12)14/h6-7,9H,5,8H2,1-4H3. The van der Waals surface area contributed by atoms with Gasteiger partial charge in [-0.1, -0.05) is 0 Å². The van der Waals surface area contributed by atoms with E-state index in [0.29, 0.717) is 6.42 Å². The number of likely N-dealkylation sites (N-methyl/N-ethyl adjacent to an activating group) is 1. The first-order valence-electron chi connectivity index (χ1n) is 6.24. The van der Waals surface area contributed by atoms with E-state index in [0.717, 1.165) is 23.1 Å². The van der Waals surface area contributed by atoms with Crippen molar-refractivity contribution in [2.75, 3.05) is 13.6 Å². The van der Waals surface area contributed by atoms with Gasteiger partial charge < -0.3 is 9.32 Å². The molecule has 96 valence electrons. The summed E-state index contributed by atoms with van der Waals surface area (Å²) in [5.41, 5.74) is 4.26. The molecule has 0 aliphatic carbocycles. The predicted octanol–water partition coefficient (Wildman–Crippen LogP) is 3.07. The molecule has 3 heteroatoms. The molecule has 1 aromatic heterocycles. The first-order valence-corrected chi connectivity index (χ1v) is 6.24. The lowest BCUT2D eigenvalue weighted by atomic mass is 10.0. The molecule has 0 radical (unpaired) electrons. The van der Waals surface area contributed by atoms with E-state index in [1.165, 1.54) is 11.1 Å². The SMILES string of the molecule is CCN(C)C(=O)Cc1coc2cc(C)c(C)cc12. The highest BCUT2D eigenvalue weighted by Gasteiger charge is 2.13. The molecule has 0 atom stereocenters. The lowest BCUT2D eigenvalue weighted by molar-refractivity contribution is -0.128. The Hall–Kier alpha value is -1.77. The molecule has 0 unspecified atom stereocenters. The maximum atomic E-state index is 11.9. The Bertz CT molecular complexity index is 583. The van der Waals surface area contributed by atoms with E-state index in [9.17, 15) is 4.79 Å². The molecule has 3 nitrogen and oxygen atoms in total. The number of hydrogen-bond donors (Lipinski definition) is 0. The summed E-state index contributed by atoms with van der Waals surface area (Å²) in [5, 5.41) is 1.05. The molecule has 0 saturated heterocycles. The van der Waals surface area contributed by atoms with Crippen LogP contribution in [-0.4, -0.2) is 24.4 Å². The summed E-state index contributed by atoms with van der Waals surface area (Å²) < 4.78 is 5.53. The van der Waals surface area contributed by atoms with Crippen LogP contribution in [0.1, 0.15) is 23.6 Å². The van der Waals surface area contributed by atoms with Gasteiger partial charge in [0, 0.05) is 24.5 Å². The maximum absolute atomic E-state index is 11.9. The molecule has 18 heavy (non-hydrogen) atoms. The fourth-order valence-corrected chi connectivity index (χ4v) is 1.95. The Morgan fingerprint density at radius 3 is 2.61 bits per heavy atom. The molecule has 1 heterocycles. The first kappa shape index (κ1) is 12.7. The largest absolute Gasteiger partial charge is 0.464 e. The van der Waals surface area contributed by atoms with Crippen molar-refractivity contribution in [1.29, 1.82) is 0 Å². The maximum Gasteiger partial charge on any atom is 0.226 e. The van der Waals surface area contributed by atoms with Crippen molar-refractivity contribution in [2.24, 2.45) is 0 Å². The number of carbonyl (C=O) groups is 1. The lowest BCUT2D eigenvalue weighted by Gasteiger charge is -2.13. The fourth-order valence-electron chi connectivity index (χ4n) is 1.95. The third-order valence-electron chi connectivity index (χ3n) is 3.51. The highest BCUT2D eigenvalue weighted by atomic mass is 16.3. The Kier molecular flexibility index (Phi) is 3.41. The van der Waals surface area contributed by atoms with Gasteiger partial charge in [0.1, 0.15) is 5.58 Å². The summed E-state index contributed by atoms with van der Waals surface area (Å²) >= 11 is 0. The number of carbonyl (C=O) groups excluding carboxylic acids is 1. The van der Waals surface area contributed by atoms with E-state index in [1.54, 1.807) is 11.2 Å². The van der Waals surface area contributed by atoms with Crippen LogP contribution >= 0.6 is 0 Å². The van der Waals surface area contributed by atoms with Gasteiger partial charge in [0.2, 0.25) is 5.91 Å². The molecule has 1 aromatic carbocycles. The van der Waals surface area contributed by atoms with Gasteiger partial charge in [0.15, 0.2) is 0 Å². The van der Waals surface area contributed by atoms with Crippen LogP contribution in [0.3, 0.4) is 0 Å². The average Bonchev–Trinajstić information content (AvgIpc) is 2.71. The van der Waals surface area contributed by atoms with E-state index < -0.39 is 0 Å². The third kappa shape index (κ3) is 2.26. The van der Waals surface area contributed by atoms with Gasteiger partial charge in [-0.15, -0.1) is 0 Å². The summed E-state index contributed by atoms with van der Waals surface area (Å²) in [4.78, 5) is 13.6. The van der Waals surface area contributed by atoms with Crippen molar-refractivity contribution < 1.29 is 9.21 Å². The van der Waals surface area contributed by atoms with Gasteiger partial charge in [-0.25, -0.2) is 0 Å². The molecule has 0 spiro atoms. The smallest absolute Gasteiger partial charge is 0.226 e. The average molecular weight is 245 g/mol. The second-order valence-electron chi connectivity index (χ2n) is 4.78. The number of benzene rings is 1. The lowest BCUT2D eigenvalue weighted by Crippen LogP contribution is -2.27. The van der Waals surface area contributed by atoms with Crippen molar-refractivity contribution in [3.8, 4) is 0 Å². The molecule has 2 aromatic rings. The molecular weight excluding hydrogens is 226 g/mol. The third-order valence-corrected chi connectivity index (χ3v) is 3.51. The van der Waals surface area contributed by atoms with Gasteiger partial charge in [-0.3, -0.25) is 4.79 Å². The molecule has 0 aliphatic rings. The molecule has 0 fully saturated rings. The molecule has 0 N–H and O–H groups in total. The zero-order chi connectivity index (χ0) is 13.3. The van der Waals surface area contributed by atoms with Crippen LogP contribution in [0, 0.1) is 13.8 Å². The zero-order valence-corrected chi connectivity index (χ0v) is 11.4. The van der Waals surface area contributed by atoms with Crippen LogP contribution in [0.5, 0.6) is 0 Å². The van der Waals surface area contributed by atoms with Crippen LogP contribution in [0.25, 0.3) is 11.0 Å².